The van der Waals surface area contributed by atoms with Gasteiger partial charge in [-0.05, 0) is 42.3 Å². The molecule has 0 aliphatic carbocycles. The Morgan fingerprint density at radius 3 is 2.66 bits per heavy atom. The van der Waals surface area contributed by atoms with Gasteiger partial charge in [0.1, 0.15) is 18.1 Å². The van der Waals surface area contributed by atoms with Crippen LogP contribution in [0, 0.1) is 0 Å². The molecule has 0 saturated heterocycles. The maximum Gasteiger partial charge on any atom is 0.240 e. The van der Waals surface area contributed by atoms with Crippen LogP contribution in [0.2, 0.25) is 0 Å². The standard InChI is InChI=1S/C26H24N4O2/c1-32-24-13-7-12-23-19(24)14-15-30(23)17-25(31)27-22(16-18-8-3-2-4-9-18)26-28-20-10-5-6-11-21(20)29-26/h2-15,22H,16-17H2,1H3,(H,27,31)(H,28,29). The Balaban J connectivity index is 1.41. The van der Waals surface area contributed by atoms with E-state index in [1.165, 1.54) is 0 Å². The van der Waals surface area contributed by atoms with E-state index in [1.807, 2.05) is 77.5 Å². The number of nitrogens with zero attached hydrogens (tertiary/aromatic N) is 2. The molecule has 2 heterocycles. The maximum absolute atomic E-state index is 13.1. The minimum atomic E-state index is -0.270. The maximum atomic E-state index is 13.1. The molecule has 160 valence electrons. The molecule has 2 N–H and O–H groups in total. The number of H-pyrrole nitrogens is 1. The summed E-state index contributed by atoms with van der Waals surface area (Å²) in [5.41, 5.74) is 3.94. The number of carbonyl (C=O) groups is 1. The lowest BCUT2D eigenvalue weighted by molar-refractivity contribution is -0.122. The summed E-state index contributed by atoms with van der Waals surface area (Å²) in [4.78, 5) is 21.2. The summed E-state index contributed by atoms with van der Waals surface area (Å²) >= 11 is 0. The van der Waals surface area contributed by atoms with Crippen molar-refractivity contribution in [2.75, 3.05) is 7.11 Å². The fourth-order valence-corrected chi connectivity index (χ4v) is 4.11. The van der Waals surface area contributed by atoms with Crippen molar-refractivity contribution < 1.29 is 9.53 Å². The van der Waals surface area contributed by atoms with Gasteiger partial charge in [0.05, 0.1) is 29.7 Å². The van der Waals surface area contributed by atoms with Crippen LogP contribution in [0.1, 0.15) is 17.4 Å². The Hall–Kier alpha value is -4.06. The molecule has 0 aliphatic rings. The summed E-state index contributed by atoms with van der Waals surface area (Å²) in [7, 11) is 1.65. The zero-order valence-corrected chi connectivity index (χ0v) is 17.8. The van der Waals surface area contributed by atoms with Crippen LogP contribution < -0.4 is 10.1 Å². The van der Waals surface area contributed by atoms with Crippen LogP contribution in [0.3, 0.4) is 0 Å². The third-order valence-corrected chi connectivity index (χ3v) is 5.66. The SMILES string of the molecule is COc1cccc2c1ccn2CC(=O)NC(Cc1ccccc1)c1nc2ccccc2[nH]1. The van der Waals surface area contributed by atoms with E-state index in [0.29, 0.717) is 6.42 Å². The van der Waals surface area contributed by atoms with Gasteiger partial charge >= 0.3 is 0 Å². The van der Waals surface area contributed by atoms with Crippen LogP contribution in [0.15, 0.2) is 85.1 Å². The Bertz CT molecular complexity index is 1340. The fourth-order valence-electron chi connectivity index (χ4n) is 4.11. The van der Waals surface area contributed by atoms with Crippen LogP contribution >= 0.6 is 0 Å². The van der Waals surface area contributed by atoms with Gasteiger partial charge in [-0.25, -0.2) is 4.98 Å². The smallest absolute Gasteiger partial charge is 0.240 e. The van der Waals surface area contributed by atoms with E-state index < -0.39 is 0 Å². The van der Waals surface area contributed by atoms with Crippen LogP contribution in [0.25, 0.3) is 21.9 Å². The molecule has 1 atom stereocenters. The normalized spacial score (nSPS) is 12.2. The number of ether oxygens (including phenoxy) is 1. The van der Waals surface area contributed by atoms with E-state index >= 15 is 0 Å². The van der Waals surface area contributed by atoms with Crippen LogP contribution in [-0.4, -0.2) is 27.6 Å². The lowest BCUT2D eigenvalue weighted by Crippen LogP contribution is -2.33. The number of fused-ring (bicyclic) bond motifs is 2. The molecule has 0 aliphatic heterocycles. The van der Waals surface area contributed by atoms with Crippen LogP contribution in [0.5, 0.6) is 5.75 Å². The molecule has 6 heteroatoms. The predicted octanol–water partition coefficient (Wildman–Crippen LogP) is 4.63. The molecule has 6 nitrogen and oxygen atoms in total. The number of nitrogens with one attached hydrogen (secondary N) is 2. The molecule has 3 aromatic carbocycles. The summed E-state index contributed by atoms with van der Waals surface area (Å²) < 4.78 is 7.37. The first-order valence-electron chi connectivity index (χ1n) is 10.6. The molecule has 0 fully saturated rings. The highest BCUT2D eigenvalue weighted by molar-refractivity contribution is 5.88. The minimum Gasteiger partial charge on any atom is -0.496 e. The van der Waals surface area contributed by atoms with Gasteiger partial charge in [0.25, 0.3) is 0 Å². The second-order valence-electron chi connectivity index (χ2n) is 7.79. The van der Waals surface area contributed by atoms with Crippen molar-refractivity contribution >= 4 is 27.8 Å². The second-order valence-corrected chi connectivity index (χ2v) is 7.79. The number of hydrogen-bond acceptors (Lipinski definition) is 3. The number of benzene rings is 3. The van der Waals surface area contributed by atoms with Gasteiger partial charge in [0.15, 0.2) is 0 Å². The monoisotopic (exact) mass is 424 g/mol. The zero-order valence-electron chi connectivity index (χ0n) is 17.8. The summed E-state index contributed by atoms with van der Waals surface area (Å²) in [5.74, 6) is 1.47. The topological polar surface area (TPSA) is 71.9 Å². The first-order chi connectivity index (χ1) is 15.7. The lowest BCUT2D eigenvalue weighted by Gasteiger charge is -2.17. The average molecular weight is 425 g/mol. The number of hydrogen-bond donors (Lipinski definition) is 2. The highest BCUT2D eigenvalue weighted by Gasteiger charge is 2.20. The van der Waals surface area contributed by atoms with Crippen LogP contribution in [0.4, 0.5) is 0 Å². The van der Waals surface area contributed by atoms with E-state index in [-0.39, 0.29) is 18.5 Å². The van der Waals surface area contributed by atoms with Crippen molar-refractivity contribution in [1.29, 1.82) is 0 Å². The van der Waals surface area contributed by atoms with Crippen molar-refractivity contribution in [1.82, 2.24) is 19.9 Å². The van der Waals surface area contributed by atoms with E-state index in [9.17, 15) is 4.79 Å². The molecule has 0 spiro atoms. The first kappa shape index (κ1) is 19.9. The van der Waals surface area contributed by atoms with Gasteiger partial charge < -0.3 is 19.6 Å². The summed E-state index contributed by atoms with van der Waals surface area (Å²) in [6.07, 6.45) is 2.56. The minimum absolute atomic E-state index is 0.0771. The summed E-state index contributed by atoms with van der Waals surface area (Å²) in [5, 5.41) is 4.18. The molecule has 0 saturated carbocycles. The molecule has 32 heavy (non-hydrogen) atoms. The van der Waals surface area contributed by atoms with Gasteiger partial charge in [-0.3, -0.25) is 4.79 Å². The van der Waals surface area contributed by atoms with E-state index in [1.54, 1.807) is 7.11 Å². The molecular weight excluding hydrogens is 400 g/mol. The lowest BCUT2D eigenvalue weighted by atomic mass is 10.1. The molecule has 1 unspecified atom stereocenters. The highest BCUT2D eigenvalue weighted by Crippen LogP contribution is 2.26. The number of methoxy groups -OCH3 is 1. The first-order valence-corrected chi connectivity index (χ1v) is 10.6. The van der Waals surface area contributed by atoms with Crippen molar-refractivity contribution in [2.45, 2.75) is 19.0 Å². The average Bonchev–Trinajstić information content (AvgIpc) is 3.43. The van der Waals surface area contributed by atoms with E-state index in [2.05, 4.69) is 22.4 Å². The quantitative estimate of drug-likeness (QED) is 0.400. The Morgan fingerprint density at radius 2 is 1.84 bits per heavy atom. The van der Waals surface area contributed by atoms with E-state index in [4.69, 9.17) is 9.72 Å². The second kappa shape index (κ2) is 8.59. The Labute approximate surface area is 185 Å². The Morgan fingerprint density at radius 1 is 1.03 bits per heavy atom. The van der Waals surface area contributed by atoms with Crippen molar-refractivity contribution in [3.63, 3.8) is 0 Å². The largest absolute Gasteiger partial charge is 0.496 e. The number of para-hydroxylation sites is 2. The summed E-state index contributed by atoms with van der Waals surface area (Å²) in [6.45, 7) is 0.211. The molecule has 0 radical (unpaired) electrons. The molecule has 5 rings (SSSR count). The van der Waals surface area contributed by atoms with Crippen molar-refractivity contribution in [3.05, 3.63) is 96.4 Å². The van der Waals surface area contributed by atoms with Gasteiger partial charge in [0.2, 0.25) is 5.91 Å². The molecule has 1 amide bonds. The number of aromatic amines is 1. The molecule has 5 aromatic rings. The van der Waals surface area contributed by atoms with Crippen molar-refractivity contribution in [2.24, 2.45) is 0 Å². The highest BCUT2D eigenvalue weighted by atomic mass is 16.5. The fraction of sp³-hybridized carbons (Fsp3) is 0.154. The molecule has 2 aromatic heterocycles. The zero-order chi connectivity index (χ0) is 21.9. The molecular formula is C26H24N4O2. The molecule has 0 bridgehead atoms. The van der Waals surface area contributed by atoms with Gasteiger partial charge in [-0.1, -0.05) is 48.5 Å². The van der Waals surface area contributed by atoms with Gasteiger partial charge in [-0.2, -0.15) is 0 Å². The van der Waals surface area contributed by atoms with Gasteiger partial charge in [0, 0.05) is 11.6 Å². The van der Waals surface area contributed by atoms with Crippen LogP contribution in [-0.2, 0) is 17.8 Å². The predicted molar refractivity (Wildman–Crippen MR) is 126 cm³/mol. The Kier molecular flexibility index (Phi) is 5.34. The number of carbonyl (C=O) groups excluding carboxylic acids is 1. The van der Waals surface area contributed by atoms with E-state index in [0.717, 1.165) is 39.1 Å². The number of amides is 1. The summed E-state index contributed by atoms with van der Waals surface area (Å²) in [6, 6.07) is 25.6. The van der Waals surface area contributed by atoms with Gasteiger partial charge in [-0.15, -0.1) is 0 Å². The van der Waals surface area contributed by atoms with Crippen molar-refractivity contribution in [3.8, 4) is 5.75 Å². The third kappa shape index (κ3) is 3.95. The third-order valence-electron chi connectivity index (χ3n) is 5.66. The number of imidazole rings is 1. The number of aromatic nitrogens is 3. The number of rotatable bonds is 7.